The third kappa shape index (κ3) is 7.12. The molecule has 0 saturated heterocycles. The molecule has 0 saturated carbocycles. The molecule has 0 aliphatic carbocycles. The molecule has 0 aliphatic heterocycles. The smallest absolute Gasteiger partial charge is 0.265 e. The normalized spacial score (nSPS) is 11.5. The molecular formula is C24H22BrClN2O3. The van der Waals surface area contributed by atoms with Crippen LogP contribution in [-0.2, 0) is 16.0 Å². The average molecular weight is 502 g/mol. The topological polar surface area (TPSA) is 67.4 Å². The fourth-order valence-electron chi connectivity index (χ4n) is 2.86. The lowest BCUT2D eigenvalue weighted by Crippen LogP contribution is -2.30. The van der Waals surface area contributed by atoms with E-state index in [1.807, 2.05) is 30.3 Å². The van der Waals surface area contributed by atoms with E-state index >= 15 is 0 Å². The molecule has 3 aromatic carbocycles. The van der Waals surface area contributed by atoms with Crippen LogP contribution in [0.3, 0.4) is 0 Å². The molecule has 160 valence electrons. The van der Waals surface area contributed by atoms with Crippen LogP contribution in [0, 0.1) is 0 Å². The zero-order valence-electron chi connectivity index (χ0n) is 16.9. The molecule has 0 heterocycles. The molecule has 31 heavy (non-hydrogen) atoms. The number of rotatable bonds is 8. The first-order valence-electron chi connectivity index (χ1n) is 9.77. The van der Waals surface area contributed by atoms with E-state index in [2.05, 4.69) is 26.6 Å². The van der Waals surface area contributed by atoms with Gasteiger partial charge in [-0.2, -0.15) is 0 Å². The van der Waals surface area contributed by atoms with E-state index in [1.54, 1.807) is 49.4 Å². The number of ether oxygens (including phenoxy) is 1. The molecule has 0 bridgehead atoms. The summed E-state index contributed by atoms with van der Waals surface area (Å²) in [7, 11) is 0. The second-order valence-corrected chi connectivity index (χ2v) is 8.23. The summed E-state index contributed by atoms with van der Waals surface area (Å²) in [6.07, 6.45) is 0.307. The minimum Gasteiger partial charge on any atom is -0.480 e. The number of anilines is 2. The molecule has 2 N–H and O–H groups in total. The predicted molar refractivity (Wildman–Crippen MR) is 128 cm³/mol. The summed E-state index contributed by atoms with van der Waals surface area (Å²) in [6.45, 7) is 1.66. The van der Waals surface area contributed by atoms with Crippen molar-refractivity contribution in [3.05, 3.63) is 87.9 Å². The molecule has 7 heteroatoms. The lowest BCUT2D eigenvalue weighted by Gasteiger charge is -2.16. The number of benzene rings is 3. The van der Waals surface area contributed by atoms with Crippen molar-refractivity contribution in [2.24, 2.45) is 0 Å². The first-order chi connectivity index (χ1) is 14.9. The monoisotopic (exact) mass is 500 g/mol. The van der Waals surface area contributed by atoms with Gasteiger partial charge in [-0.05, 0) is 71.2 Å². The van der Waals surface area contributed by atoms with Gasteiger partial charge in [0.15, 0.2) is 6.10 Å². The molecule has 0 fully saturated rings. The number of nitrogens with one attached hydrogen (secondary N) is 2. The molecule has 2 amide bonds. The maximum atomic E-state index is 12.5. The summed E-state index contributed by atoms with van der Waals surface area (Å²) in [5.74, 6) is 0.123. The molecular weight excluding hydrogens is 480 g/mol. The summed E-state index contributed by atoms with van der Waals surface area (Å²) in [5, 5.41) is 6.24. The standard InChI is InChI=1S/C24H22BrClN2O3/c1-16(31-22-12-11-18(26)14-21(22)25)24(30)28-20-9-5-8-19(15-20)27-23(29)13-10-17-6-3-2-4-7-17/h2-9,11-12,14-16H,10,13H2,1H3,(H,27,29)(H,28,30). The number of amides is 2. The van der Waals surface area contributed by atoms with Crippen molar-refractivity contribution in [1.82, 2.24) is 0 Å². The molecule has 5 nitrogen and oxygen atoms in total. The number of carbonyl (C=O) groups excluding carboxylic acids is 2. The van der Waals surface area contributed by atoms with Crippen LogP contribution in [0.25, 0.3) is 0 Å². The Morgan fingerprint density at radius 1 is 0.968 bits per heavy atom. The van der Waals surface area contributed by atoms with E-state index in [0.717, 1.165) is 5.56 Å². The van der Waals surface area contributed by atoms with Gasteiger partial charge in [0, 0.05) is 22.8 Å². The minimum atomic E-state index is -0.735. The summed E-state index contributed by atoms with van der Waals surface area (Å²) >= 11 is 9.30. The highest BCUT2D eigenvalue weighted by Gasteiger charge is 2.16. The second kappa shape index (κ2) is 11.0. The van der Waals surface area contributed by atoms with E-state index < -0.39 is 6.10 Å². The van der Waals surface area contributed by atoms with Crippen molar-refractivity contribution in [2.45, 2.75) is 25.9 Å². The van der Waals surface area contributed by atoms with Crippen molar-refractivity contribution >= 4 is 50.7 Å². The van der Waals surface area contributed by atoms with Gasteiger partial charge in [0.25, 0.3) is 5.91 Å². The Bertz CT molecular complexity index is 1060. The summed E-state index contributed by atoms with van der Waals surface area (Å²) in [5.41, 5.74) is 2.29. The predicted octanol–water partition coefficient (Wildman–Crippen LogP) is 6.08. The first kappa shape index (κ1) is 22.8. The molecule has 3 aromatic rings. The van der Waals surface area contributed by atoms with Crippen LogP contribution in [0.4, 0.5) is 11.4 Å². The quantitative estimate of drug-likeness (QED) is 0.393. The van der Waals surface area contributed by atoms with Crippen LogP contribution in [0.1, 0.15) is 18.9 Å². The summed E-state index contributed by atoms with van der Waals surface area (Å²) in [4.78, 5) is 24.8. The SMILES string of the molecule is CC(Oc1ccc(Cl)cc1Br)C(=O)Nc1cccc(NC(=O)CCc2ccccc2)c1. The zero-order valence-corrected chi connectivity index (χ0v) is 19.2. The fourth-order valence-corrected chi connectivity index (χ4v) is 3.64. The van der Waals surface area contributed by atoms with Gasteiger partial charge in [0.05, 0.1) is 4.47 Å². The number of halogens is 2. The molecule has 1 atom stereocenters. The van der Waals surface area contributed by atoms with Crippen molar-refractivity contribution in [3.63, 3.8) is 0 Å². The van der Waals surface area contributed by atoms with Gasteiger partial charge in [0.2, 0.25) is 5.91 Å². The molecule has 0 spiro atoms. The number of aryl methyl sites for hydroxylation is 1. The highest BCUT2D eigenvalue weighted by molar-refractivity contribution is 9.10. The fraction of sp³-hybridized carbons (Fsp3) is 0.167. The largest absolute Gasteiger partial charge is 0.480 e. The van der Waals surface area contributed by atoms with Gasteiger partial charge in [-0.15, -0.1) is 0 Å². The Morgan fingerprint density at radius 2 is 1.68 bits per heavy atom. The van der Waals surface area contributed by atoms with Crippen LogP contribution in [0.2, 0.25) is 5.02 Å². The van der Waals surface area contributed by atoms with Crippen molar-refractivity contribution in [2.75, 3.05) is 10.6 Å². The van der Waals surface area contributed by atoms with Crippen LogP contribution in [-0.4, -0.2) is 17.9 Å². The Morgan fingerprint density at radius 3 is 2.39 bits per heavy atom. The van der Waals surface area contributed by atoms with Gasteiger partial charge in [-0.25, -0.2) is 0 Å². The van der Waals surface area contributed by atoms with Crippen LogP contribution < -0.4 is 15.4 Å². The summed E-state index contributed by atoms with van der Waals surface area (Å²) in [6, 6.07) is 21.9. The Labute approximate surface area is 194 Å². The van der Waals surface area contributed by atoms with E-state index in [-0.39, 0.29) is 11.8 Å². The van der Waals surface area contributed by atoms with Gasteiger partial charge in [-0.1, -0.05) is 48.0 Å². The Hall–Kier alpha value is -2.83. The van der Waals surface area contributed by atoms with E-state index in [1.165, 1.54) is 0 Å². The molecule has 0 radical (unpaired) electrons. The highest BCUT2D eigenvalue weighted by Crippen LogP contribution is 2.29. The van der Waals surface area contributed by atoms with Crippen molar-refractivity contribution in [1.29, 1.82) is 0 Å². The number of hydrogen-bond donors (Lipinski definition) is 2. The highest BCUT2D eigenvalue weighted by atomic mass is 79.9. The lowest BCUT2D eigenvalue weighted by molar-refractivity contribution is -0.122. The van der Waals surface area contributed by atoms with Gasteiger partial charge >= 0.3 is 0 Å². The summed E-state index contributed by atoms with van der Waals surface area (Å²) < 4.78 is 6.38. The minimum absolute atomic E-state index is 0.0865. The van der Waals surface area contributed by atoms with E-state index in [0.29, 0.717) is 39.5 Å². The van der Waals surface area contributed by atoms with Crippen LogP contribution in [0.5, 0.6) is 5.75 Å². The molecule has 3 rings (SSSR count). The van der Waals surface area contributed by atoms with Crippen molar-refractivity contribution in [3.8, 4) is 5.75 Å². The number of hydrogen-bond acceptors (Lipinski definition) is 3. The van der Waals surface area contributed by atoms with Crippen LogP contribution in [0.15, 0.2) is 77.3 Å². The van der Waals surface area contributed by atoms with Gasteiger partial charge in [0.1, 0.15) is 5.75 Å². The number of carbonyl (C=O) groups is 2. The maximum Gasteiger partial charge on any atom is 0.265 e. The molecule has 1 unspecified atom stereocenters. The molecule has 0 aliphatic rings. The zero-order chi connectivity index (χ0) is 22.2. The van der Waals surface area contributed by atoms with E-state index in [9.17, 15) is 9.59 Å². The first-order valence-corrected chi connectivity index (χ1v) is 10.9. The Kier molecular flexibility index (Phi) is 8.09. The third-order valence-corrected chi connectivity index (χ3v) is 5.32. The Balaban J connectivity index is 1.54. The van der Waals surface area contributed by atoms with E-state index in [4.69, 9.17) is 16.3 Å². The van der Waals surface area contributed by atoms with Gasteiger partial charge in [-0.3, -0.25) is 9.59 Å². The maximum absolute atomic E-state index is 12.5. The lowest BCUT2D eigenvalue weighted by atomic mass is 10.1. The van der Waals surface area contributed by atoms with Crippen molar-refractivity contribution < 1.29 is 14.3 Å². The molecule has 0 aromatic heterocycles. The average Bonchev–Trinajstić information content (AvgIpc) is 2.75. The van der Waals surface area contributed by atoms with Crippen LogP contribution >= 0.6 is 27.5 Å². The van der Waals surface area contributed by atoms with Gasteiger partial charge < -0.3 is 15.4 Å². The third-order valence-electron chi connectivity index (χ3n) is 4.46. The second-order valence-electron chi connectivity index (χ2n) is 6.94.